The van der Waals surface area contributed by atoms with Gasteiger partial charge in [-0.1, -0.05) is 0 Å². The smallest absolute Gasteiger partial charge is 0.163 e. The molecule has 0 aliphatic rings. The van der Waals surface area contributed by atoms with Crippen LogP contribution in [0.25, 0.3) is 0 Å². The second-order valence-corrected chi connectivity index (χ2v) is 4.36. The van der Waals surface area contributed by atoms with Crippen LogP contribution >= 0.6 is 0 Å². The minimum atomic E-state index is 0.613. The van der Waals surface area contributed by atoms with Gasteiger partial charge < -0.3 is 19.8 Å². The summed E-state index contributed by atoms with van der Waals surface area (Å²) in [7, 11) is 0. The first-order valence-corrected chi connectivity index (χ1v) is 6.87. The third kappa shape index (κ3) is 3.44. The maximum absolute atomic E-state index is 5.60. The van der Waals surface area contributed by atoms with E-state index >= 15 is 0 Å². The van der Waals surface area contributed by atoms with Crippen molar-refractivity contribution in [2.45, 2.75) is 27.3 Å². The van der Waals surface area contributed by atoms with Gasteiger partial charge in [0, 0.05) is 17.4 Å². The number of hydrogen-bond donors (Lipinski definition) is 2. The van der Waals surface area contributed by atoms with Gasteiger partial charge in [-0.15, -0.1) is 0 Å². The van der Waals surface area contributed by atoms with Gasteiger partial charge in [-0.05, 0) is 32.9 Å². The van der Waals surface area contributed by atoms with Crippen LogP contribution in [0.5, 0.6) is 11.5 Å². The molecule has 0 radical (unpaired) electrons. The summed E-state index contributed by atoms with van der Waals surface area (Å²) in [5, 5.41) is 3.34. The second kappa shape index (κ2) is 6.84. The largest absolute Gasteiger partial charge is 0.490 e. The molecule has 2 rings (SSSR count). The predicted molar refractivity (Wildman–Crippen MR) is 79.4 cm³/mol. The van der Waals surface area contributed by atoms with Crippen LogP contribution in [0.2, 0.25) is 0 Å². The van der Waals surface area contributed by atoms with Crippen LogP contribution in [0.15, 0.2) is 24.5 Å². The van der Waals surface area contributed by atoms with E-state index in [-0.39, 0.29) is 0 Å². The molecule has 2 aromatic rings. The Hall–Kier alpha value is -2.17. The minimum absolute atomic E-state index is 0.613. The highest BCUT2D eigenvalue weighted by molar-refractivity contribution is 5.55. The van der Waals surface area contributed by atoms with Gasteiger partial charge >= 0.3 is 0 Å². The number of nitrogens with one attached hydrogen (secondary N) is 2. The van der Waals surface area contributed by atoms with E-state index in [1.807, 2.05) is 39.0 Å². The molecule has 0 aliphatic heterocycles. The number of aromatic amines is 1. The molecule has 0 spiro atoms. The van der Waals surface area contributed by atoms with Crippen molar-refractivity contribution in [1.82, 2.24) is 9.97 Å². The zero-order valence-electron chi connectivity index (χ0n) is 12.2. The number of benzene rings is 1. The van der Waals surface area contributed by atoms with E-state index in [0.717, 1.165) is 28.6 Å². The number of nitrogens with zero attached hydrogens (tertiary/aromatic N) is 1. The maximum atomic E-state index is 5.60. The monoisotopic (exact) mass is 275 g/mol. The summed E-state index contributed by atoms with van der Waals surface area (Å²) in [6.07, 6.45) is 1.70. The van der Waals surface area contributed by atoms with E-state index in [2.05, 4.69) is 15.3 Å². The van der Waals surface area contributed by atoms with Gasteiger partial charge in [-0.3, -0.25) is 0 Å². The zero-order valence-corrected chi connectivity index (χ0v) is 12.2. The molecule has 108 valence electrons. The van der Waals surface area contributed by atoms with Gasteiger partial charge in [0.05, 0.1) is 31.8 Å². The topological polar surface area (TPSA) is 59.2 Å². The van der Waals surface area contributed by atoms with Crippen LogP contribution in [0.1, 0.15) is 25.2 Å². The third-order valence-corrected chi connectivity index (χ3v) is 2.94. The van der Waals surface area contributed by atoms with Crippen LogP contribution in [0, 0.1) is 6.92 Å². The molecule has 1 aromatic carbocycles. The molecule has 1 aromatic heterocycles. The molecule has 0 atom stereocenters. The number of rotatable bonds is 7. The van der Waals surface area contributed by atoms with Crippen LogP contribution in [-0.4, -0.2) is 23.2 Å². The van der Waals surface area contributed by atoms with Crippen molar-refractivity contribution in [3.05, 3.63) is 35.9 Å². The molecule has 1 heterocycles. The average Bonchev–Trinajstić information content (AvgIpc) is 2.85. The van der Waals surface area contributed by atoms with E-state index in [1.165, 1.54) is 0 Å². The minimum Gasteiger partial charge on any atom is -0.490 e. The summed E-state index contributed by atoms with van der Waals surface area (Å²) >= 11 is 0. The molecular weight excluding hydrogens is 254 g/mol. The number of aromatic nitrogens is 2. The highest BCUT2D eigenvalue weighted by atomic mass is 16.5. The Balaban J connectivity index is 2.08. The number of anilines is 1. The van der Waals surface area contributed by atoms with E-state index < -0.39 is 0 Å². The molecule has 0 aliphatic carbocycles. The molecule has 0 unspecified atom stereocenters. The highest BCUT2D eigenvalue weighted by Crippen LogP contribution is 2.30. The average molecular weight is 275 g/mol. The number of imidazole rings is 1. The lowest BCUT2D eigenvalue weighted by molar-refractivity contribution is 0.288. The Morgan fingerprint density at radius 3 is 2.55 bits per heavy atom. The van der Waals surface area contributed by atoms with E-state index in [4.69, 9.17) is 9.47 Å². The molecular formula is C15H21N3O2. The molecule has 0 amide bonds. The maximum Gasteiger partial charge on any atom is 0.163 e. The second-order valence-electron chi connectivity index (χ2n) is 4.36. The SMILES string of the molecule is CCOc1ccc(NCc2nc[nH]c2C)cc1OCC. The number of aryl methyl sites for hydroxylation is 1. The summed E-state index contributed by atoms with van der Waals surface area (Å²) in [6, 6.07) is 5.86. The highest BCUT2D eigenvalue weighted by Gasteiger charge is 2.07. The van der Waals surface area contributed by atoms with Gasteiger partial charge in [-0.2, -0.15) is 0 Å². The van der Waals surface area contributed by atoms with Gasteiger partial charge in [0.2, 0.25) is 0 Å². The fourth-order valence-corrected chi connectivity index (χ4v) is 1.91. The quantitative estimate of drug-likeness (QED) is 0.815. The van der Waals surface area contributed by atoms with Crippen LogP contribution in [-0.2, 0) is 6.54 Å². The summed E-state index contributed by atoms with van der Waals surface area (Å²) in [6.45, 7) is 7.84. The third-order valence-electron chi connectivity index (χ3n) is 2.94. The first-order chi connectivity index (χ1) is 9.74. The Labute approximate surface area is 119 Å². The van der Waals surface area contributed by atoms with Gasteiger partial charge in [-0.25, -0.2) is 4.98 Å². The molecule has 2 N–H and O–H groups in total. The molecule has 0 bridgehead atoms. The van der Waals surface area contributed by atoms with Gasteiger partial charge in [0.15, 0.2) is 11.5 Å². The first kappa shape index (κ1) is 14.2. The van der Waals surface area contributed by atoms with Crippen molar-refractivity contribution in [2.24, 2.45) is 0 Å². The van der Waals surface area contributed by atoms with Crippen molar-refractivity contribution in [3.63, 3.8) is 0 Å². The van der Waals surface area contributed by atoms with Crippen molar-refractivity contribution in [1.29, 1.82) is 0 Å². The normalized spacial score (nSPS) is 10.3. The number of H-pyrrole nitrogens is 1. The fraction of sp³-hybridized carbons (Fsp3) is 0.400. The van der Waals surface area contributed by atoms with Gasteiger partial charge in [0.1, 0.15) is 0 Å². The van der Waals surface area contributed by atoms with Crippen LogP contribution in [0.4, 0.5) is 5.69 Å². The molecule has 0 saturated carbocycles. The zero-order chi connectivity index (χ0) is 14.4. The Kier molecular flexibility index (Phi) is 4.87. The number of hydrogen-bond acceptors (Lipinski definition) is 4. The lowest BCUT2D eigenvalue weighted by Crippen LogP contribution is -2.03. The standard InChI is InChI=1S/C15H21N3O2/c1-4-19-14-7-6-12(8-15(14)20-5-2)16-9-13-11(3)17-10-18-13/h6-8,10,16H,4-5,9H2,1-3H3,(H,17,18). The molecule has 20 heavy (non-hydrogen) atoms. The van der Waals surface area contributed by atoms with Crippen molar-refractivity contribution >= 4 is 5.69 Å². The first-order valence-electron chi connectivity index (χ1n) is 6.87. The molecule has 0 fully saturated rings. The van der Waals surface area contributed by atoms with Crippen molar-refractivity contribution < 1.29 is 9.47 Å². The van der Waals surface area contributed by atoms with E-state index in [9.17, 15) is 0 Å². The van der Waals surface area contributed by atoms with E-state index in [1.54, 1.807) is 6.33 Å². The molecule has 5 nitrogen and oxygen atoms in total. The fourth-order valence-electron chi connectivity index (χ4n) is 1.91. The predicted octanol–water partition coefficient (Wildman–Crippen LogP) is 3.13. The summed E-state index contributed by atoms with van der Waals surface area (Å²) in [5.74, 6) is 1.54. The van der Waals surface area contributed by atoms with Crippen molar-refractivity contribution in [3.8, 4) is 11.5 Å². The van der Waals surface area contributed by atoms with E-state index in [0.29, 0.717) is 19.8 Å². The lowest BCUT2D eigenvalue weighted by Gasteiger charge is -2.13. The summed E-state index contributed by atoms with van der Waals surface area (Å²) < 4.78 is 11.1. The Morgan fingerprint density at radius 1 is 1.15 bits per heavy atom. The number of ether oxygens (including phenoxy) is 2. The van der Waals surface area contributed by atoms with Gasteiger partial charge in [0.25, 0.3) is 0 Å². The van der Waals surface area contributed by atoms with Crippen LogP contribution < -0.4 is 14.8 Å². The van der Waals surface area contributed by atoms with Crippen molar-refractivity contribution in [2.75, 3.05) is 18.5 Å². The Morgan fingerprint density at radius 2 is 1.90 bits per heavy atom. The lowest BCUT2D eigenvalue weighted by atomic mass is 10.2. The molecule has 5 heteroatoms. The molecule has 0 saturated heterocycles. The Bertz CT molecular complexity index is 552. The summed E-state index contributed by atoms with van der Waals surface area (Å²) in [5.41, 5.74) is 3.07. The van der Waals surface area contributed by atoms with Crippen LogP contribution in [0.3, 0.4) is 0 Å². The summed E-state index contributed by atoms with van der Waals surface area (Å²) in [4.78, 5) is 7.33.